The molecule has 0 amide bonds. The molecular formula is C20H20ClNO3S. The number of halogens is 1. The van der Waals surface area contributed by atoms with Crippen molar-refractivity contribution in [3.05, 3.63) is 52.0 Å². The van der Waals surface area contributed by atoms with Gasteiger partial charge in [-0.15, -0.1) is 22.9 Å². The van der Waals surface area contributed by atoms with E-state index in [1.165, 1.54) is 11.3 Å². The third-order valence-electron chi connectivity index (χ3n) is 4.70. The number of carboxylic acid groups (broad SMARTS) is 1. The molecular weight excluding hydrogens is 370 g/mol. The number of aryl methyl sites for hydroxylation is 1. The van der Waals surface area contributed by atoms with E-state index in [-0.39, 0.29) is 17.2 Å². The van der Waals surface area contributed by atoms with Gasteiger partial charge in [0.25, 0.3) is 0 Å². The van der Waals surface area contributed by atoms with Crippen LogP contribution in [0.1, 0.15) is 39.4 Å². The number of thiophene rings is 1. The Hall–Kier alpha value is -1.87. The Bertz CT molecular complexity index is 811. The summed E-state index contributed by atoms with van der Waals surface area (Å²) in [5, 5.41) is 19.2. The highest BCUT2D eigenvalue weighted by molar-refractivity contribution is 7.13. The van der Waals surface area contributed by atoms with E-state index in [0.717, 1.165) is 29.7 Å². The lowest BCUT2D eigenvalue weighted by atomic mass is 9.90. The molecule has 2 unspecified atom stereocenters. The van der Waals surface area contributed by atoms with Crippen molar-refractivity contribution < 1.29 is 15.0 Å². The zero-order valence-electron chi connectivity index (χ0n) is 14.1. The first-order valence-corrected chi connectivity index (χ1v) is 9.85. The Kier molecular flexibility index (Phi) is 6.31. The van der Waals surface area contributed by atoms with Crippen LogP contribution in [-0.2, 0) is 6.42 Å². The zero-order valence-corrected chi connectivity index (χ0v) is 15.7. The molecule has 0 saturated heterocycles. The second kappa shape index (κ2) is 8.68. The smallest absolute Gasteiger partial charge is 0.345 e. The van der Waals surface area contributed by atoms with Crippen molar-refractivity contribution in [1.29, 1.82) is 0 Å². The molecule has 0 aromatic carbocycles. The summed E-state index contributed by atoms with van der Waals surface area (Å²) < 4.78 is 0. The van der Waals surface area contributed by atoms with Gasteiger partial charge in [0.1, 0.15) is 4.88 Å². The predicted molar refractivity (Wildman–Crippen MR) is 103 cm³/mol. The van der Waals surface area contributed by atoms with Gasteiger partial charge in [-0.3, -0.25) is 4.98 Å². The monoisotopic (exact) mass is 389 g/mol. The first kappa shape index (κ1) is 18.9. The topological polar surface area (TPSA) is 70.4 Å². The highest BCUT2D eigenvalue weighted by Gasteiger charge is 2.40. The molecule has 1 saturated carbocycles. The van der Waals surface area contributed by atoms with Gasteiger partial charge in [0.2, 0.25) is 0 Å². The molecule has 136 valence electrons. The summed E-state index contributed by atoms with van der Waals surface area (Å²) in [6.07, 6.45) is 6.03. The second-order valence-corrected chi connectivity index (χ2v) is 8.21. The molecule has 1 fully saturated rings. The first-order valence-electron chi connectivity index (χ1n) is 8.60. The van der Waals surface area contributed by atoms with Gasteiger partial charge in [0, 0.05) is 28.2 Å². The molecule has 2 aromatic heterocycles. The van der Waals surface area contributed by atoms with Crippen molar-refractivity contribution in [1.82, 2.24) is 4.98 Å². The Morgan fingerprint density at radius 1 is 1.31 bits per heavy atom. The van der Waals surface area contributed by atoms with Crippen molar-refractivity contribution in [2.45, 2.75) is 37.2 Å². The average molecular weight is 390 g/mol. The van der Waals surface area contributed by atoms with Gasteiger partial charge in [0.05, 0.1) is 12.0 Å². The van der Waals surface area contributed by atoms with Crippen molar-refractivity contribution in [3.8, 4) is 11.8 Å². The van der Waals surface area contributed by atoms with Crippen molar-refractivity contribution in [2.75, 3.05) is 0 Å². The van der Waals surface area contributed by atoms with Gasteiger partial charge in [-0.1, -0.05) is 11.8 Å². The SMILES string of the molecule is O=C(O)c1ccc(CCCC2[C@@H](C#Cc3ccncc3)C(O)C[C@H]2Cl)s1. The number of carboxylic acids is 1. The largest absolute Gasteiger partial charge is 0.477 e. The maximum atomic E-state index is 11.0. The Balaban J connectivity index is 1.61. The van der Waals surface area contributed by atoms with Gasteiger partial charge >= 0.3 is 5.97 Å². The molecule has 6 heteroatoms. The molecule has 0 aliphatic heterocycles. The molecule has 2 aromatic rings. The molecule has 0 radical (unpaired) electrons. The van der Waals surface area contributed by atoms with Crippen LogP contribution in [0.15, 0.2) is 36.7 Å². The Labute approximate surface area is 161 Å². The van der Waals surface area contributed by atoms with Gasteiger partial charge < -0.3 is 10.2 Å². The summed E-state index contributed by atoms with van der Waals surface area (Å²) in [5.41, 5.74) is 0.878. The van der Waals surface area contributed by atoms with Gasteiger partial charge in [-0.2, -0.15) is 0 Å². The minimum atomic E-state index is -0.882. The maximum Gasteiger partial charge on any atom is 0.345 e. The van der Waals surface area contributed by atoms with E-state index in [1.807, 2.05) is 18.2 Å². The Morgan fingerprint density at radius 3 is 2.77 bits per heavy atom. The summed E-state index contributed by atoms with van der Waals surface area (Å²) >= 11 is 7.78. The highest BCUT2D eigenvalue weighted by Crippen LogP contribution is 2.39. The molecule has 26 heavy (non-hydrogen) atoms. The second-order valence-electron chi connectivity index (χ2n) is 6.48. The minimum Gasteiger partial charge on any atom is -0.477 e. The van der Waals surface area contributed by atoms with E-state index >= 15 is 0 Å². The van der Waals surface area contributed by atoms with Crippen LogP contribution in [0.2, 0.25) is 0 Å². The number of aliphatic hydroxyl groups excluding tert-OH is 1. The predicted octanol–water partition coefficient (Wildman–Crippen LogP) is 3.82. The third kappa shape index (κ3) is 4.64. The zero-order chi connectivity index (χ0) is 18.5. The normalized spacial score (nSPS) is 24.8. The summed E-state index contributed by atoms with van der Waals surface area (Å²) in [6.45, 7) is 0. The first-order chi connectivity index (χ1) is 12.5. The van der Waals surface area contributed by atoms with Crippen LogP contribution in [-0.4, -0.2) is 32.6 Å². The molecule has 1 aliphatic rings. The van der Waals surface area contributed by atoms with E-state index < -0.39 is 12.1 Å². The number of rotatable bonds is 5. The van der Waals surface area contributed by atoms with Gasteiger partial charge in [-0.05, 0) is 55.9 Å². The fourth-order valence-corrected chi connectivity index (χ4v) is 4.72. The van der Waals surface area contributed by atoms with Crippen LogP contribution in [0.3, 0.4) is 0 Å². The molecule has 4 atom stereocenters. The lowest BCUT2D eigenvalue weighted by Crippen LogP contribution is -2.19. The fourth-order valence-electron chi connectivity index (χ4n) is 3.37. The fraction of sp³-hybridized carbons (Fsp3) is 0.400. The number of alkyl halides is 1. The number of carbonyl (C=O) groups is 1. The summed E-state index contributed by atoms with van der Waals surface area (Å²) in [4.78, 5) is 16.4. The summed E-state index contributed by atoms with van der Waals surface area (Å²) in [6, 6.07) is 7.21. The van der Waals surface area contributed by atoms with Gasteiger partial charge in [0.15, 0.2) is 0 Å². The van der Waals surface area contributed by atoms with Crippen molar-refractivity contribution >= 4 is 28.9 Å². The number of aromatic carboxylic acids is 1. The maximum absolute atomic E-state index is 11.0. The van der Waals surface area contributed by atoms with Crippen LogP contribution in [0.5, 0.6) is 0 Å². The van der Waals surface area contributed by atoms with E-state index in [0.29, 0.717) is 11.3 Å². The molecule has 0 spiro atoms. The number of pyridine rings is 1. The lowest BCUT2D eigenvalue weighted by molar-refractivity contribution is 0.0702. The minimum absolute atomic E-state index is 0.0837. The van der Waals surface area contributed by atoms with E-state index in [9.17, 15) is 9.90 Å². The van der Waals surface area contributed by atoms with Crippen LogP contribution in [0.4, 0.5) is 0 Å². The number of hydrogen-bond donors (Lipinski definition) is 2. The molecule has 4 nitrogen and oxygen atoms in total. The number of aliphatic hydroxyl groups is 1. The molecule has 2 heterocycles. The van der Waals surface area contributed by atoms with Crippen LogP contribution < -0.4 is 0 Å². The lowest BCUT2D eigenvalue weighted by Gasteiger charge is -2.18. The molecule has 3 rings (SSSR count). The standard InChI is InChI=1S/C20H20ClNO3S/c21-17-12-18(23)16(6-4-13-8-10-22-11-9-13)15(17)3-1-2-14-5-7-19(26-14)20(24)25/h5,7-11,15-18,23H,1-3,12H2,(H,24,25)/t15?,16-,17-,18?/m1/s1. The number of nitrogens with zero attached hydrogens (tertiary/aromatic N) is 1. The van der Waals surface area contributed by atoms with E-state index in [1.54, 1.807) is 18.5 Å². The van der Waals surface area contributed by atoms with Crippen LogP contribution in [0, 0.1) is 23.7 Å². The van der Waals surface area contributed by atoms with Crippen LogP contribution >= 0.6 is 22.9 Å². The molecule has 1 aliphatic carbocycles. The highest BCUT2D eigenvalue weighted by atomic mass is 35.5. The average Bonchev–Trinajstić information content (AvgIpc) is 3.19. The third-order valence-corrected chi connectivity index (χ3v) is 6.34. The Morgan fingerprint density at radius 2 is 2.08 bits per heavy atom. The summed E-state index contributed by atoms with van der Waals surface area (Å²) in [7, 11) is 0. The van der Waals surface area contributed by atoms with E-state index in [4.69, 9.17) is 16.7 Å². The molecule has 0 bridgehead atoms. The van der Waals surface area contributed by atoms with Gasteiger partial charge in [-0.25, -0.2) is 4.79 Å². The quantitative estimate of drug-likeness (QED) is 0.602. The van der Waals surface area contributed by atoms with Crippen molar-refractivity contribution in [3.63, 3.8) is 0 Å². The van der Waals surface area contributed by atoms with Crippen molar-refractivity contribution in [2.24, 2.45) is 11.8 Å². The summed E-state index contributed by atoms with van der Waals surface area (Å²) in [5.74, 6) is 5.45. The van der Waals surface area contributed by atoms with Crippen LogP contribution in [0.25, 0.3) is 0 Å². The number of hydrogen-bond acceptors (Lipinski definition) is 4. The molecule has 2 N–H and O–H groups in total. The number of aromatic nitrogens is 1. The van der Waals surface area contributed by atoms with E-state index in [2.05, 4.69) is 16.8 Å².